The molecule has 0 bridgehead atoms. The Morgan fingerprint density at radius 2 is 2.14 bits per heavy atom. The van der Waals surface area contributed by atoms with Crippen molar-refractivity contribution in [3.63, 3.8) is 0 Å². The molecule has 0 atom stereocenters. The molecular weight excluding hydrogens is 196 g/mol. The van der Waals surface area contributed by atoms with Crippen molar-refractivity contribution >= 4 is 17.7 Å². The van der Waals surface area contributed by atoms with Crippen molar-refractivity contribution in [2.75, 3.05) is 11.5 Å². The second kappa shape index (κ2) is 4.68. The first-order chi connectivity index (χ1) is 6.84. The lowest BCUT2D eigenvalue weighted by Gasteiger charge is -2.20. The van der Waals surface area contributed by atoms with Gasteiger partial charge in [-0.15, -0.1) is 5.10 Å². The highest BCUT2D eigenvalue weighted by atomic mass is 32.2. The number of nitrogens with zero attached hydrogens (tertiary/aromatic N) is 2. The first-order valence-electron chi connectivity index (χ1n) is 5.15. The molecule has 0 saturated heterocycles. The fraction of sp³-hybridized carbons (Fsp3) is 0.778. The molecule has 1 aromatic heterocycles. The summed E-state index contributed by atoms with van der Waals surface area (Å²) in [6, 6.07) is 0. The minimum atomic E-state index is 0.413. The number of nitrogens with one attached hydrogen (secondary N) is 1. The fourth-order valence-electron chi connectivity index (χ4n) is 1.87. The number of aromatic amines is 1. The van der Waals surface area contributed by atoms with Gasteiger partial charge in [0.15, 0.2) is 0 Å². The summed E-state index contributed by atoms with van der Waals surface area (Å²) in [5, 5.41) is 7.44. The molecule has 4 nitrogen and oxygen atoms in total. The summed E-state index contributed by atoms with van der Waals surface area (Å²) < 4.78 is 0. The standard InChI is InChI=1S/C9H16N4S/c10-8-11-9(13-12-8)14-6-7-4-2-1-3-5-7/h7H,1-6H2,(H3,10,11,12,13). The number of anilines is 1. The first-order valence-corrected chi connectivity index (χ1v) is 6.14. The predicted octanol–water partition coefficient (Wildman–Crippen LogP) is 2.06. The Kier molecular flexibility index (Phi) is 3.29. The van der Waals surface area contributed by atoms with E-state index in [9.17, 15) is 0 Å². The number of aromatic nitrogens is 3. The molecule has 0 unspecified atom stereocenters. The lowest BCUT2D eigenvalue weighted by molar-refractivity contribution is 0.391. The second-order valence-corrected chi connectivity index (χ2v) is 4.81. The number of thioether (sulfide) groups is 1. The molecule has 78 valence electrons. The number of nitrogen functional groups attached to an aromatic ring is 1. The molecule has 2 rings (SSSR count). The quantitative estimate of drug-likeness (QED) is 0.753. The van der Waals surface area contributed by atoms with E-state index in [-0.39, 0.29) is 0 Å². The van der Waals surface area contributed by atoms with Gasteiger partial charge in [-0.25, -0.2) is 5.10 Å². The number of rotatable bonds is 3. The van der Waals surface area contributed by atoms with E-state index in [4.69, 9.17) is 5.73 Å². The molecule has 5 heteroatoms. The molecule has 1 heterocycles. The molecule has 0 aromatic carbocycles. The molecule has 1 aliphatic rings. The van der Waals surface area contributed by atoms with E-state index in [1.807, 2.05) is 0 Å². The third kappa shape index (κ3) is 2.64. The monoisotopic (exact) mass is 212 g/mol. The van der Waals surface area contributed by atoms with Crippen LogP contribution in [0.4, 0.5) is 5.95 Å². The molecule has 1 saturated carbocycles. The molecule has 3 N–H and O–H groups in total. The van der Waals surface area contributed by atoms with E-state index in [0.717, 1.165) is 16.8 Å². The van der Waals surface area contributed by atoms with Gasteiger partial charge in [0.1, 0.15) is 0 Å². The van der Waals surface area contributed by atoms with Crippen LogP contribution in [0.1, 0.15) is 32.1 Å². The predicted molar refractivity (Wildman–Crippen MR) is 58.1 cm³/mol. The number of nitrogens with two attached hydrogens (primary N) is 1. The van der Waals surface area contributed by atoms with Gasteiger partial charge in [-0.3, -0.25) is 0 Å². The van der Waals surface area contributed by atoms with Crippen LogP contribution in [0.25, 0.3) is 0 Å². The van der Waals surface area contributed by atoms with Gasteiger partial charge < -0.3 is 5.73 Å². The summed E-state index contributed by atoms with van der Waals surface area (Å²) in [6.07, 6.45) is 6.93. The van der Waals surface area contributed by atoms with Crippen molar-refractivity contribution in [3.05, 3.63) is 0 Å². The molecule has 0 aliphatic heterocycles. The molecule has 0 amide bonds. The number of H-pyrrole nitrogens is 1. The lowest BCUT2D eigenvalue weighted by Crippen LogP contribution is -2.08. The average Bonchev–Trinajstić information content (AvgIpc) is 2.63. The van der Waals surface area contributed by atoms with Gasteiger partial charge in [0.05, 0.1) is 0 Å². The molecule has 1 fully saturated rings. The van der Waals surface area contributed by atoms with E-state index in [1.54, 1.807) is 11.8 Å². The topological polar surface area (TPSA) is 67.6 Å². The van der Waals surface area contributed by atoms with E-state index in [1.165, 1.54) is 32.1 Å². The molecule has 0 spiro atoms. The van der Waals surface area contributed by atoms with Crippen molar-refractivity contribution in [1.29, 1.82) is 0 Å². The van der Waals surface area contributed by atoms with Crippen molar-refractivity contribution in [2.24, 2.45) is 5.92 Å². The third-order valence-corrected chi connectivity index (χ3v) is 3.73. The number of hydrogen-bond acceptors (Lipinski definition) is 4. The Morgan fingerprint density at radius 3 is 2.79 bits per heavy atom. The van der Waals surface area contributed by atoms with Gasteiger partial charge in [-0.05, 0) is 18.8 Å². The van der Waals surface area contributed by atoms with Crippen LogP contribution in [-0.4, -0.2) is 20.9 Å². The van der Waals surface area contributed by atoms with Gasteiger partial charge in [-0.1, -0.05) is 31.0 Å². The third-order valence-electron chi connectivity index (χ3n) is 2.66. The normalized spacial score (nSPS) is 18.6. The maximum Gasteiger partial charge on any atom is 0.216 e. The van der Waals surface area contributed by atoms with Crippen molar-refractivity contribution in [2.45, 2.75) is 37.3 Å². The van der Waals surface area contributed by atoms with Crippen LogP contribution >= 0.6 is 11.8 Å². The van der Waals surface area contributed by atoms with E-state index in [0.29, 0.717) is 5.95 Å². The Labute approximate surface area is 88.1 Å². The molecular formula is C9H16N4S. The maximum absolute atomic E-state index is 5.44. The van der Waals surface area contributed by atoms with Gasteiger partial charge in [0, 0.05) is 5.75 Å². The van der Waals surface area contributed by atoms with Crippen molar-refractivity contribution < 1.29 is 0 Å². The van der Waals surface area contributed by atoms with Crippen LogP contribution in [0.3, 0.4) is 0 Å². The summed E-state index contributed by atoms with van der Waals surface area (Å²) in [4.78, 5) is 4.07. The zero-order valence-corrected chi connectivity index (χ0v) is 9.02. The van der Waals surface area contributed by atoms with E-state index < -0.39 is 0 Å². The number of hydrogen-bond donors (Lipinski definition) is 2. The van der Waals surface area contributed by atoms with Gasteiger partial charge in [0.2, 0.25) is 11.1 Å². The van der Waals surface area contributed by atoms with Crippen LogP contribution in [0.15, 0.2) is 5.16 Å². The highest BCUT2D eigenvalue weighted by Gasteiger charge is 2.14. The minimum Gasteiger partial charge on any atom is -0.368 e. The molecule has 1 aliphatic carbocycles. The summed E-state index contributed by atoms with van der Waals surface area (Å²) in [5.74, 6) is 2.40. The highest BCUT2D eigenvalue weighted by molar-refractivity contribution is 7.99. The summed E-state index contributed by atoms with van der Waals surface area (Å²) >= 11 is 1.71. The van der Waals surface area contributed by atoms with Crippen molar-refractivity contribution in [3.8, 4) is 0 Å². The first kappa shape index (κ1) is 9.83. The van der Waals surface area contributed by atoms with Crippen LogP contribution in [0.5, 0.6) is 0 Å². The van der Waals surface area contributed by atoms with Gasteiger partial charge in [0.25, 0.3) is 0 Å². The van der Waals surface area contributed by atoms with Gasteiger partial charge >= 0.3 is 0 Å². The Bertz CT molecular complexity index is 280. The lowest BCUT2D eigenvalue weighted by atomic mass is 9.91. The van der Waals surface area contributed by atoms with Crippen LogP contribution in [0.2, 0.25) is 0 Å². The SMILES string of the molecule is Nc1nc(SCC2CCCCC2)n[nH]1. The summed E-state index contributed by atoms with van der Waals surface area (Å²) in [5.41, 5.74) is 5.44. The van der Waals surface area contributed by atoms with Crippen LogP contribution in [0, 0.1) is 5.92 Å². The van der Waals surface area contributed by atoms with Crippen LogP contribution in [-0.2, 0) is 0 Å². The maximum atomic E-state index is 5.44. The molecule has 1 aromatic rings. The van der Waals surface area contributed by atoms with Crippen molar-refractivity contribution in [1.82, 2.24) is 15.2 Å². The fourth-order valence-corrected chi connectivity index (χ4v) is 2.86. The van der Waals surface area contributed by atoms with Gasteiger partial charge in [-0.2, -0.15) is 4.98 Å². The second-order valence-electron chi connectivity index (χ2n) is 3.82. The minimum absolute atomic E-state index is 0.413. The summed E-state index contributed by atoms with van der Waals surface area (Å²) in [7, 11) is 0. The smallest absolute Gasteiger partial charge is 0.216 e. The summed E-state index contributed by atoms with van der Waals surface area (Å²) in [6.45, 7) is 0. The largest absolute Gasteiger partial charge is 0.368 e. The van der Waals surface area contributed by atoms with E-state index in [2.05, 4.69) is 15.2 Å². The van der Waals surface area contributed by atoms with E-state index >= 15 is 0 Å². The molecule has 14 heavy (non-hydrogen) atoms. The Balaban J connectivity index is 1.76. The average molecular weight is 212 g/mol. The Morgan fingerprint density at radius 1 is 1.36 bits per heavy atom. The zero-order valence-electron chi connectivity index (χ0n) is 8.20. The Hall–Kier alpha value is -0.710. The highest BCUT2D eigenvalue weighted by Crippen LogP contribution is 2.28. The van der Waals surface area contributed by atoms with Crippen LogP contribution < -0.4 is 5.73 Å². The zero-order chi connectivity index (χ0) is 9.80. The molecule has 0 radical (unpaired) electrons.